The first-order valence-electron chi connectivity index (χ1n) is 11.2. The third-order valence-electron chi connectivity index (χ3n) is 5.93. The van der Waals surface area contributed by atoms with Crippen molar-refractivity contribution in [3.63, 3.8) is 0 Å². The van der Waals surface area contributed by atoms with Crippen LogP contribution in [0.4, 0.5) is 0 Å². The minimum Gasteiger partial charge on any atom is -0.352 e. The molecular formula is C18H21N10O10P. The molecule has 0 spiro atoms. The number of nitrogens with one attached hydrogen (secondary N) is 2. The maximum atomic E-state index is 12.5. The number of phosphoric ester groups is 1. The molecule has 4 heterocycles. The fourth-order valence-electron chi connectivity index (χ4n) is 4.13. The van der Waals surface area contributed by atoms with Gasteiger partial charge in [-0.1, -0.05) is 10.2 Å². The zero-order chi connectivity index (χ0) is 28.2. The number of aromatic amines is 2. The van der Waals surface area contributed by atoms with E-state index in [1.54, 1.807) is 0 Å². The fraction of sp³-hybridized carbons (Fsp3) is 0.556. The average molecular weight is 568 g/mol. The number of hydrogen-bond donors (Lipinski definition) is 3. The summed E-state index contributed by atoms with van der Waals surface area (Å²) >= 11 is 0. The summed E-state index contributed by atoms with van der Waals surface area (Å²) in [7, 11) is -4.77. The van der Waals surface area contributed by atoms with Crippen molar-refractivity contribution in [2.24, 2.45) is 10.2 Å². The maximum absolute atomic E-state index is 12.5. The molecule has 0 radical (unpaired) electrons. The van der Waals surface area contributed by atoms with E-state index in [0.29, 0.717) is 0 Å². The molecule has 6 atom stereocenters. The van der Waals surface area contributed by atoms with Gasteiger partial charge in [-0.25, -0.2) is 14.2 Å². The van der Waals surface area contributed by atoms with E-state index in [4.69, 9.17) is 29.6 Å². The number of aromatic nitrogens is 4. The Hall–Kier alpha value is -3.99. The van der Waals surface area contributed by atoms with E-state index in [2.05, 4.69) is 30.0 Å². The SMILES string of the molecule is [N-]=[N+]=N[C@H]1C[C@H](n2ccc(=O)[nH]c2=O)O[C@@H]1COP(=O)(O)OC[C@H]1O[C@@H](n2ccc(=O)[nH]c2=O)C[C@@H]1N=[N+]=[N-]. The fourth-order valence-corrected chi connectivity index (χ4v) is 4.87. The lowest BCUT2D eigenvalue weighted by Crippen LogP contribution is -2.32. The van der Waals surface area contributed by atoms with Gasteiger partial charge in [0.2, 0.25) is 0 Å². The second-order valence-corrected chi connectivity index (χ2v) is 9.82. The van der Waals surface area contributed by atoms with Crippen molar-refractivity contribution in [2.75, 3.05) is 13.2 Å². The van der Waals surface area contributed by atoms with Crippen LogP contribution in [-0.4, -0.2) is 61.5 Å². The van der Waals surface area contributed by atoms with Gasteiger partial charge >= 0.3 is 19.2 Å². The van der Waals surface area contributed by atoms with Crippen LogP contribution in [0.15, 0.2) is 53.9 Å². The summed E-state index contributed by atoms with van der Waals surface area (Å²) in [5.41, 5.74) is 14.9. The number of rotatable bonds is 10. The quantitative estimate of drug-likeness (QED) is 0.151. The van der Waals surface area contributed by atoms with Crippen molar-refractivity contribution in [3.8, 4) is 0 Å². The molecule has 2 aromatic heterocycles. The van der Waals surface area contributed by atoms with Crippen LogP contribution in [0.25, 0.3) is 20.9 Å². The Kier molecular flexibility index (Phi) is 8.49. The number of ether oxygens (including phenoxy) is 2. The summed E-state index contributed by atoms with van der Waals surface area (Å²) in [6.07, 6.45) is -1.61. The highest BCUT2D eigenvalue weighted by atomic mass is 31.2. The zero-order valence-corrected chi connectivity index (χ0v) is 20.6. The van der Waals surface area contributed by atoms with Gasteiger partial charge in [0.05, 0.1) is 37.5 Å². The molecule has 20 nitrogen and oxygen atoms in total. The van der Waals surface area contributed by atoms with Gasteiger partial charge in [0.15, 0.2) is 0 Å². The number of azide groups is 2. The van der Waals surface area contributed by atoms with E-state index < -0.39 is 80.3 Å². The molecule has 208 valence electrons. The second-order valence-electron chi connectivity index (χ2n) is 8.37. The summed E-state index contributed by atoms with van der Waals surface area (Å²) in [4.78, 5) is 66.5. The Bertz CT molecular complexity index is 1470. The first kappa shape index (κ1) is 28.0. The van der Waals surface area contributed by atoms with Crippen LogP contribution in [0.1, 0.15) is 25.3 Å². The van der Waals surface area contributed by atoms with Gasteiger partial charge in [-0.2, -0.15) is 0 Å². The van der Waals surface area contributed by atoms with Crippen molar-refractivity contribution >= 4 is 7.82 Å². The molecule has 2 aromatic rings. The summed E-state index contributed by atoms with van der Waals surface area (Å²) in [5.74, 6) is 0. The molecule has 0 saturated carbocycles. The summed E-state index contributed by atoms with van der Waals surface area (Å²) < 4.78 is 36.0. The minimum absolute atomic E-state index is 0.00981. The summed E-state index contributed by atoms with van der Waals surface area (Å²) in [5, 5.41) is 7.15. The summed E-state index contributed by atoms with van der Waals surface area (Å²) in [6.45, 7) is -1.15. The van der Waals surface area contributed by atoms with E-state index in [1.165, 1.54) is 12.4 Å². The molecule has 2 aliphatic heterocycles. The first-order chi connectivity index (χ1) is 18.6. The molecule has 0 amide bonds. The topological polar surface area (TPSA) is 281 Å². The minimum atomic E-state index is -4.77. The van der Waals surface area contributed by atoms with Gasteiger partial charge in [-0.05, 0) is 11.1 Å². The number of hydrogen-bond acceptors (Lipinski definition) is 11. The van der Waals surface area contributed by atoms with Crippen molar-refractivity contribution in [3.05, 3.63) is 87.1 Å². The Balaban J connectivity index is 1.38. The molecule has 39 heavy (non-hydrogen) atoms. The van der Waals surface area contributed by atoms with Crippen LogP contribution in [0.2, 0.25) is 0 Å². The van der Waals surface area contributed by atoms with E-state index in [1.807, 2.05) is 0 Å². The lowest BCUT2D eigenvalue weighted by atomic mass is 10.1. The lowest BCUT2D eigenvalue weighted by molar-refractivity contribution is -0.0400. The van der Waals surface area contributed by atoms with Crippen molar-refractivity contribution in [2.45, 2.75) is 49.6 Å². The number of phosphoric acid groups is 1. The largest absolute Gasteiger partial charge is 0.472 e. The molecule has 2 aliphatic rings. The molecule has 0 unspecified atom stereocenters. The molecule has 21 heteroatoms. The van der Waals surface area contributed by atoms with Gasteiger partial charge in [-0.15, -0.1) is 0 Å². The smallest absolute Gasteiger partial charge is 0.352 e. The molecule has 2 saturated heterocycles. The van der Waals surface area contributed by atoms with Crippen LogP contribution >= 0.6 is 7.82 Å². The van der Waals surface area contributed by atoms with Gasteiger partial charge < -0.3 is 14.4 Å². The van der Waals surface area contributed by atoms with Crippen molar-refractivity contribution in [1.82, 2.24) is 19.1 Å². The van der Waals surface area contributed by atoms with E-state index in [9.17, 15) is 28.6 Å². The highest BCUT2D eigenvalue weighted by molar-refractivity contribution is 7.47. The average Bonchev–Trinajstić information content (AvgIpc) is 3.46. The third kappa shape index (κ3) is 6.72. The molecule has 0 aliphatic carbocycles. The molecule has 2 fully saturated rings. The van der Waals surface area contributed by atoms with Crippen molar-refractivity contribution in [1.29, 1.82) is 0 Å². The standard InChI is InChI=1S/C18H21N10O10P/c19-25-23-9-5-15(27-3-1-13(29)21-17(27)31)37-11(9)7-35-39(33,34)36-8-12-10(24-26-20)6-16(38-12)28-4-2-14(30)22-18(28)32/h1-4,9-12,15-16H,5-8H2,(H,33,34)(H,21,29,31)(H,22,30,32)/t9-,10-,11+,12+,15+,16+/m0/s1. The maximum Gasteiger partial charge on any atom is 0.472 e. The van der Waals surface area contributed by atoms with Gasteiger partial charge in [-0.3, -0.25) is 37.7 Å². The molecule has 4 rings (SSSR count). The first-order valence-corrected chi connectivity index (χ1v) is 12.7. The van der Waals surface area contributed by atoms with Crippen LogP contribution < -0.4 is 22.5 Å². The summed E-state index contributed by atoms with van der Waals surface area (Å²) in [6, 6.07) is 0.421. The second kappa shape index (κ2) is 11.8. The molecule has 0 bridgehead atoms. The highest BCUT2D eigenvalue weighted by Gasteiger charge is 2.40. The normalized spacial score (nSPS) is 27.8. The molecule has 0 aromatic carbocycles. The van der Waals surface area contributed by atoms with Crippen molar-refractivity contribution < 1.29 is 28.0 Å². The Labute approximate surface area is 215 Å². The lowest BCUT2D eigenvalue weighted by Gasteiger charge is -2.20. The van der Waals surface area contributed by atoms with E-state index in [-0.39, 0.29) is 12.8 Å². The van der Waals surface area contributed by atoms with Crippen LogP contribution in [0.3, 0.4) is 0 Å². The van der Waals surface area contributed by atoms with Gasteiger partial charge in [0.1, 0.15) is 12.5 Å². The van der Waals surface area contributed by atoms with E-state index in [0.717, 1.165) is 21.3 Å². The zero-order valence-electron chi connectivity index (χ0n) is 19.7. The Morgan fingerprint density at radius 3 is 1.67 bits per heavy atom. The van der Waals surface area contributed by atoms with Crippen LogP contribution in [0.5, 0.6) is 0 Å². The highest BCUT2D eigenvalue weighted by Crippen LogP contribution is 2.45. The van der Waals surface area contributed by atoms with Crippen LogP contribution in [-0.2, 0) is 23.1 Å². The van der Waals surface area contributed by atoms with Crippen LogP contribution in [0, 0.1) is 0 Å². The number of H-pyrrole nitrogens is 2. The third-order valence-corrected chi connectivity index (χ3v) is 6.89. The molecular weight excluding hydrogens is 547 g/mol. The number of nitrogens with zero attached hydrogens (tertiary/aromatic N) is 8. The van der Waals surface area contributed by atoms with Gasteiger partial charge in [0, 0.05) is 47.2 Å². The predicted molar refractivity (Wildman–Crippen MR) is 127 cm³/mol. The molecule has 3 N–H and O–H groups in total. The monoisotopic (exact) mass is 568 g/mol. The van der Waals surface area contributed by atoms with Gasteiger partial charge in [0.25, 0.3) is 11.1 Å². The Morgan fingerprint density at radius 2 is 1.31 bits per heavy atom. The van der Waals surface area contributed by atoms with E-state index >= 15 is 0 Å². The predicted octanol–water partition coefficient (Wildman–Crippen LogP) is 0.153. The Morgan fingerprint density at radius 1 is 0.897 bits per heavy atom.